The Morgan fingerprint density at radius 1 is 0.933 bits per heavy atom. The second-order valence-electron chi connectivity index (χ2n) is 5.01. The minimum atomic E-state index is -0.125. The number of hydrogen-bond donors (Lipinski definition) is 1. The number of unbranched alkanes of at least 4 members (excludes halogenated alkanes) is 6. The normalized spacial score (nSPS) is 11.3. The summed E-state index contributed by atoms with van der Waals surface area (Å²) in [5, 5.41) is 8.83. The lowest BCUT2D eigenvalue weighted by Gasteiger charge is -2.13. The average Bonchev–Trinajstić information content (AvgIpc) is 2.22. The van der Waals surface area contributed by atoms with Crippen molar-refractivity contribution in [3.63, 3.8) is 0 Å². The van der Waals surface area contributed by atoms with Gasteiger partial charge in [-0.3, -0.25) is 0 Å². The van der Waals surface area contributed by atoms with Gasteiger partial charge in [0.05, 0.1) is 11.5 Å². The molecule has 0 rings (SSSR count). The molecule has 88 valence electrons. The van der Waals surface area contributed by atoms with Gasteiger partial charge in [-0.1, -0.05) is 38.5 Å². The minimum absolute atomic E-state index is 0.125. The molecule has 0 unspecified atom stereocenters. The molecule has 0 radical (unpaired) electrons. The SMILES string of the molecule is CC(C)(C#N)CCCCCCCCCN. The third kappa shape index (κ3) is 9.75. The molecule has 15 heavy (non-hydrogen) atoms. The lowest BCUT2D eigenvalue weighted by atomic mass is 9.88. The highest BCUT2D eigenvalue weighted by atomic mass is 14.5. The maximum absolute atomic E-state index is 8.83. The Morgan fingerprint density at radius 3 is 1.87 bits per heavy atom. The molecule has 0 aromatic rings. The average molecular weight is 210 g/mol. The summed E-state index contributed by atoms with van der Waals surface area (Å²) in [6, 6.07) is 2.35. The Hall–Kier alpha value is -0.550. The van der Waals surface area contributed by atoms with Crippen LogP contribution >= 0.6 is 0 Å². The first-order valence-electron chi connectivity index (χ1n) is 6.24. The van der Waals surface area contributed by atoms with Gasteiger partial charge in [-0.15, -0.1) is 0 Å². The van der Waals surface area contributed by atoms with Gasteiger partial charge < -0.3 is 5.73 Å². The summed E-state index contributed by atoms with van der Waals surface area (Å²) in [5.41, 5.74) is 5.30. The highest BCUT2D eigenvalue weighted by Crippen LogP contribution is 2.22. The Morgan fingerprint density at radius 2 is 1.40 bits per heavy atom. The van der Waals surface area contributed by atoms with Gasteiger partial charge in [0.1, 0.15) is 0 Å². The van der Waals surface area contributed by atoms with Crippen LogP contribution in [0.15, 0.2) is 0 Å². The van der Waals surface area contributed by atoms with Crippen LogP contribution in [0, 0.1) is 16.7 Å². The topological polar surface area (TPSA) is 49.8 Å². The number of nitriles is 1. The molecule has 0 heterocycles. The van der Waals surface area contributed by atoms with Gasteiger partial charge in [0, 0.05) is 0 Å². The van der Waals surface area contributed by atoms with Crippen molar-refractivity contribution < 1.29 is 0 Å². The largest absolute Gasteiger partial charge is 0.330 e. The maximum atomic E-state index is 8.83. The fourth-order valence-corrected chi connectivity index (χ4v) is 1.65. The molecule has 2 heteroatoms. The van der Waals surface area contributed by atoms with Crippen LogP contribution in [0.1, 0.15) is 65.2 Å². The van der Waals surface area contributed by atoms with Gasteiger partial charge in [-0.25, -0.2) is 0 Å². The van der Waals surface area contributed by atoms with Crippen molar-refractivity contribution in [3.8, 4) is 6.07 Å². The van der Waals surface area contributed by atoms with E-state index in [0.717, 1.165) is 13.0 Å². The summed E-state index contributed by atoms with van der Waals surface area (Å²) in [5.74, 6) is 0. The molecule has 0 aliphatic carbocycles. The van der Waals surface area contributed by atoms with Crippen LogP contribution in [0.2, 0.25) is 0 Å². The fraction of sp³-hybridized carbons (Fsp3) is 0.923. The highest BCUT2D eigenvalue weighted by Gasteiger charge is 2.14. The van der Waals surface area contributed by atoms with Gasteiger partial charge in [-0.2, -0.15) is 5.26 Å². The zero-order valence-electron chi connectivity index (χ0n) is 10.4. The molecule has 0 aromatic heterocycles. The van der Waals surface area contributed by atoms with E-state index in [1.54, 1.807) is 0 Å². The van der Waals surface area contributed by atoms with Gasteiger partial charge >= 0.3 is 0 Å². The molecule has 0 atom stereocenters. The van der Waals surface area contributed by atoms with Crippen molar-refractivity contribution in [2.75, 3.05) is 6.54 Å². The van der Waals surface area contributed by atoms with Crippen molar-refractivity contribution in [2.45, 2.75) is 65.2 Å². The summed E-state index contributed by atoms with van der Waals surface area (Å²) in [4.78, 5) is 0. The van der Waals surface area contributed by atoms with Crippen molar-refractivity contribution in [3.05, 3.63) is 0 Å². The van der Waals surface area contributed by atoms with E-state index in [0.29, 0.717) is 0 Å². The Labute approximate surface area is 94.9 Å². The Bertz CT molecular complexity index is 179. The molecule has 0 aliphatic rings. The minimum Gasteiger partial charge on any atom is -0.330 e. The second kappa shape index (κ2) is 8.73. The summed E-state index contributed by atoms with van der Waals surface area (Å²) in [6.07, 6.45) is 9.90. The zero-order valence-corrected chi connectivity index (χ0v) is 10.4. The van der Waals surface area contributed by atoms with Crippen LogP contribution in [0.4, 0.5) is 0 Å². The highest BCUT2D eigenvalue weighted by molar-refractivity contribution is 4.91. The third-order valence-corrected chi connectivity index (χ3v) is 2.81. The molecule has 0 amide bonds. The first kappa shape index (κ1) is 14.5. The molecule has 2 nitrogen and oxygen atoms in total. The lowest BCUT2D eigenvalue weighted by Crippen LogP contribution is -2.06. The van der Waals surface area contributed by atoms with Gasteiger partial charge in [0.25, 0.3) is 0 Å². The number of hydrogen-bond acceptors (Lipinski definition) is 2. The van der Waals surface area contributed by atoms with Crippen LogP contribution in [0.3, 0.4) is 0 Å². The molecule has 0 spiro atoms. The van der Waals surface area contributed by atoms with E-state index < -0.39 is 0 Å². The molecule has 0 fully saturated rings. The number of rotatable bonds is 9. The molecule has 0 bridgehead atoms. The predicted molar refractivity (Wildman–Crippen MR) is 65.4 cm³/mol. The number of nitrogens with zero attached hydrogens (tertiary/aromatic N) is 1. The lowest BCUT2D eigenvalue weighted by molar-refractivity contribution is 0.419. The van der Waals surface area contributed by atoms with Crippen LogP contribution in [0.5, 0.6) is 0 Å². The molecule has 0 saturated heterocycles. The van der Waals surface area contributed by atoms with Crippen LogP contribution < -0.4 is 5.73 Å². The smallest absolute Gasteiger partial charge is 0.0683 e. The Balaban J connectivity index is 3.16. The summed E-state index contributed by atoms with van der Waals surface area (Å²) in [7, 11) is 0. The standard InChI is InChI=1S/C13H26N2/c1-13(2,12-15)10-8-6-4-3-5-7-9-11-14/h3-11,14H2,1-2H3. The monoisotopic (exact) mass is 210 g/mol. The van der Waals surface area contributed by atoms with Crippen LogP contribution in [-0.4, -0.2) is 6.54 Å². The quantitative estimate of drug-likeness (QED) is 0.591. The predicted octanol–water partition coefficient (Wildman–Crippen LogP) is 3.62. The summed E-state index contributed by atoms with van der Waals surface area (Å²) >= 11 is 0. The van der Waals surface area contributed by atoms with E-state index in [-0.39, 0.29) is 5.41 Å². The van der Waals surface area contributed by atoms with E-state index in [9.17, 15) is 0 Å². The zero-order chi connectivity index (χ0) is 11.6. The van der Waals surface area contributed by atoms with Gasteiger partial charge in [0.2, 0.25) is 0 Å². The summed E-state index contributed by atoms with van der Waals surface area (Å²) < 4.78 is 0. The first-order valence-corrected chi connectivity index (χ1v) is 6.24. The van der Waals surface area contributed by atoms with E-state index in [1.807, 2.05) is 13.8 Å². The molecular weight excluding hydrogens is 184 g/mol. The van der Waals surface area contributed by atoms with Crippen molar-refractivity contribution in [1.29, 1.82) is 5.26 Å². The third-order valence-electron chi connectivity index (χ3n) is 2.81. The van der Waals surface area contributed by atoms with Crippen molar-refractivity contribution in [1.82, 2.24) is 0 Å². The molecular formula is C13H26N2. The van der Waals surface area contributed by atoms with E-state index in [1.165, 1.54) is 44.9 Å². The van der Waals surface area contributed by atoms with E-state index >= 15 is 0 Å². The van der Waals surface area contributed by atoms with E-state index in [4.69, 9.17) is 11.0 Å². The van der Waals surface area contributed by atoms with Crippen molar-refractivity contribution in [2.24, 2.45) is 11.1 Å². The summed E-state index contributed by atoms with van der Waals surface area (Å²) in [6.45, 7) is 4.87. The fourth-order valence-electron chi connectivity index (χ4n) is 1.65. The molecule has 0 saturated carbocycles. The molecule has 0 aliphatic heterocycles. The van der Waals surface area contributed by atoms with Crippen LogP contribution in [0.25, 0.3) is 0 Å². The van der Waals surface area contributed by atoms with Crippen molar-refractivity contribution >= 4 is 0 Å². The Kier molecular flexibility index (Phi) is 8.41. The number of nitrogens with two attached hydrogens (primary N) is 1. The second-order valence-corrected chi connectivity index (χ2v) is 5.01. The van der Waals surface area contributed by atoms with E-state index in [2.05, 4.69) is 6.07 Å². The van der Waals surface area contributed by atoms with Crippen LogP contribution in [-0.2, 0) is 0 Å². The first-order chi connectivity index (χ1) is 7.12. The molecule has 0 aromatic carbocycles. The van der Waals surface area contributed by atoms with Gasteiger partial charge in [0.15, 0.2) is 0 Å². The maximum Gasteiger partial charge on any atom is 0.0683 e. The van der Waals surface area contributed by atoms with Gasteiger partial charge in [-0.05, 0) is 33.2 Å². The molecule has 2 N–H and O–H groups in total.